The summed E-state index contributed by atoms with van der Waals surface area (Å²) < 4.78 is 5.03. The van der Waals surface area contributed by atoms with Crippen LogP contribution < -0.4 is 15.4 Å². The number of hydrogen-bond donors (Lipinski definition) is 2. The van der Waals surface area contributed by atoms with Gasteiger partial charge in [-0.05, 0) is 18.2 Å². The molecule has 0 aliphatic rings. The normalized spacial score (nSPS) is 10.4. The first kappa shape index (κ1) is 13.8. The van der Waals surface area contributed by atoms with Crippen LogP contribution in [0.2, 0.25) is 5.02 Å². The van der Waals surface area contributed by atoms with Crippen molar-refractivity contribution in [2.75, 3.05) is 19.0 Å². The fourth-order valence-corrected chi connectivity index (χ4v) is 1.50. The van der Waals surface area contributed by atoms with E-state index < -0.39 is 0 Å². The first-order chi connectivity index (χ1) is 8.02. The molecule has 0 aliphatic carbocycles. The lowest BCUT2D eigenvalue weighted by Gasteiger charge is -2.10. The second kappa shape index (κ2) is 6.47. The molecule has 0 spiro atoms. The maximum absolute atomic E-state index is 11.5. The average molecular weight is 257 g/mol. The highest BCUT2D eigenvalue weighted by molar-refractivity contribution is 6.32. The molecule has 0 bridgehead atoms. The van der Waals surface area contributed by atoms with Crippen molar-refractivity contribution in [3.63, 3.8) is 0 Å². The van der Waals surface area contributed by atoms with Gasteiger partial charge in [0, 0.05) is 11.7 Å². The number of amides is 1. The number of anilines is 1. The van der Waals surface area contributed by atoms with E-state index in [-0.39, 0.29) is 18.5 Å². The number of benzene rings is 1. The molecule has 2 N–H and O–H groups in total. The van der Waals surface area contributed by atoms with Crippen LogP contribution in [0, 0.1) is 0 Å². The molecular weight excluding hydrogens is 240 g/mol. The van der Waals surface area contributed by atoms with E-state index in [0.29, 0.717) is 16.5 Å². The van der Waals surface area contributed by atoms with Crippen LogP contribution in [0.1, 0.15) is 13.8 Å². The first-order valence-electron chi connectivity index (χ1n) is 5.39. The molecule has 0 atom stereocenters. The van der Waals surface area contributed by atoms with Gasteiger partial charge in [0.2, 0.25) is 5.91 Å². The zero-order valence-corrected chi connectivity index (χ0v) is 11.0. The van der Waals surface area contributed by atoms with E-state index in [1.807, 2.05) is 13.8 Å². The highest BCUT2D eigenvalue weighted by Gasteiger charge is 2.05. The maximum atomic E-state index is 11.5. The SMILES string of the molecule is COc1ccc(NC(=O)CNC(C)C)cc1Cl. The van der Waals surface area contributed by atoms with Gasteiger partial charge < -0.3 is 15.4 Å². The monoisotopic (exact) mass is 256 g/mol. The second-order valence-corrected chi connectivity index (χ2v) is 4.34. The van der Waals surface area contributed by atoms with Gasteiger partial charge in [-0.1, -0.05) is 25.4 Å². The molecule has 94 valence electrons. The van der Waals surface area contributed by atoms with Crippen molar-refractivity contribution >= 4 is 23.2 Å². The lowest BCUT2D eigenvalue weighted by atomic mass is 10.3. The van der Waals surface area contributed by atoms with E-state index in [1.165, 1.54) is 0 Å². The summed E-state index contributed by atoms with van der Waals surface area (Å²) >= 11 is 5.95. The zero-order chi connectivity index (χ0) is 12.8. The minimum atomic E-state index is -0.0973. The van der Waals surface area contributed by atoms with Gasteiger partial charge in [-0.15, -0.1) is 0 Å². The summed E-state index contributed by atoms with van der Waals surface area (Å²) in [5, 5.41) is 6.26. The molecule has 17 heavy (non-hydrogen) atoms. The van der Waals surface area contributed by atoms with Crippen LogP contribution in [0.15, 0.2) is 18.2 Å². The molecule has 1 amide bonds. The summed E-state index contributed by atoms with van der Waals surface area (Å²) in [6.07, 6.45) is 0. The topological polar surface area (TPSA) is 50.4 Å². The van der Waals surface area contributed by atoms with E-state index in [1.54, 1.807) is 25.3 Å². The molecule has 1 aromatic rings. The average Bonchev–Trinajstić information content (AvgIpc) is 2.26. The van der Waals surface area contributed by atoms with Crippen LogP contribution in [-0.4, -0.2) is 25.6 Å². The van der Waals surface area contributed by atoms with Gasteiger partial charge in [-0.3, -0.25) is 4.79 Å². The summed E-state index contributed by atoms with van der Waals surface area (Å²) in [5.74, 6) is 0.491. The molecule has 0 saturated carbocycles. The number of hydrogen-bond acceptors (Lipinski definition) is 3. The van der Waals surface area contributed by atoms with Crippen LogP contribution in [0.4, 0.5) is 5.69 Å². The van der Waals surface area contributed by atoms with Crippen molar-refractivity contribution in [3.05, 3.63) is 23.2 Å². The predicted molar refractivity (Wildman–Crippen MR) is 69.8 cm³/mol. The lowest BCUT2D eigenvalue weighted by molar-refractivity contribution is -0.115. The van der Waals surface area contributed by atoms with Crippen LogP contribution in [0.5, 0.6) is 5.75 Å². The summed E-state index contributed by atoms with van der Waals surface area (Å²) in [6, 6.07) is 5.40. The highest BCUT2D eigenvalue weighted by Crippen LogP contribution is 2.26. The molecule has 1 aromatic carbocycles. The minimum absolute atomic E-state index is 0.0973. The predicted octanol–water partition coefficient (Wildman–Crippen LogP) is 2.29. The number of ether oxygens (including phenoxy) is 1. The minimum Gasteiger partial charge on any atom is -0.495 e. The van der Waals surface area contributed by atoms with Gasteiger partial charge in [-0.2, -0.15) is 0 Å². The van der Waals surface area contributed by atoms with E-state index in [4.69, 9.17) is 16.3 Å². The summed E-state index contributed by atoms with van der Waals surface area (Å²) in [4.78, 5) is 11.5. The summed E-state index contributed by atoms with van der Waals surface area (Å²) in [5.41, 5.74) is 0.659. The Morgan fingerprint density at radius 1 is 1.47 bits per heavy atom. The van der Waals surface area contributed by atoms with Crippen LogP contribution in [0.3, 0.4) is 0 Å². The Kier molecular flexibility index (Phi) is 5.25. The van der Waals surface area contributed by atoms with Crippen molar-refractivity contribution in [1.82, 2.24) is 5.32 Å². The third kappa shape index (κ3) is 4.63. The third-order valence-electron chi connectivity index (χ3n) is 2.11. The maximum Gasteiger partial charge on any atom is 0.238 e. The lowest BCUT2D eigenvalue weighted by Crippen LogP contribution is -2.32. The van der Waals surface area contributed by atoms with Gasteiger partial charge in [0.05, 0.1) is 18.7 Å². The van der Waals surface area contributed by atoms with Crippen molar-refractivity contribution < 1.29 is 9.53 Å². The molecule has 0 saturated heterocycles. The van der Waals surface area contributed by atoms with Gasteiger partial charge in [0.1, 0.15) is 5.75 Å². The molecule has 0 aliphatic heterocycles. The Morgan fingerprint density at radius 2 is 2.18 bits per heavy atom. The van der Waals surface area contributed by atoms with E-state index in [2.05, 4.69) is 10.6 Å². The number of methoxy groups -OCH3 is 1. The van der Waals surface area contributed by atoms with Crippen molar-refractivity contribution in [3.8, 4) is 5.75 Å². The Morgan fingerprint density at radius 3 is 2.71 bits per heavy atom. The summed E-state index contributed by atoms with van der Waals surface area (Å²) in [6.45, 7) is 4.25. The Bertz CT molecular complexity index is 394. The largest absolute Gasteiger partial charge is 0.495 e. The van der Waals surface area contributed by atoms with Crippen LogP contribution >= 0.6 is 11.6 Å². The van der Waals surface area contributed by atoms with Gasteiger partial charge in [0.15, 0.2) is 0 Å². The second-order valence-electron chi connectivity index (χ2n) is 3.93. The standard InChI is InChI=1S/C12H17ClN2O2/c1-8(2)14-7-12(16)15-9-4-5-11(17-3)10(13)6-9/h4-6,8,14H,7H2,1-3H3,(H,15,16). The number of rotatable bonds is 5. The van der Waals surface area contributed by atoms with Crippen LogP contribution in [0.25, 0.3) is 0 Å². The Balaban J connectivity index is 2.57. The molecule has 0 fully saturated rings. The van der Waals surface area contributed by atoms with Crippen molar-refractivity contribution in [2.45, 2.75) is 19.9 Å². The number of carbonyl (C=O) groups excluding carboxylic acids is 1. The molecule has 5 heteroatoms. The quantitative estimate of drug-likeness (QED) is 0.850. The molecule has 1 rings (SSSR count). The van der Waals surface area contributed by atoms with E-state index in [9.17, 15) is 4.79 Å². The Hall–Kier alpha value is -1.26. The summed E-state index contributed by atoms with van der Waals surface area (Å²) in [7, 11) is 1.55. The van der Waals surface area contributed by atoms with Crippen LogP contribution in [-0.2, 0) is 4.79 Å². The fourth-order valence-electron chi connectivity index (χ4n) is 1.25. The van der Waals surface area contributed by atoms with Gasteiger partial charge >= 0.3 is 0 Å². The fraction of sp³-hybridized carbons (Fsp3) is 0.417. The molecule has 0 radical (unpaired) electrons. The number of nitrogens with one attached hydrogen (secondary N) is 2. The van der Waals surface area contributed by atoms with Crippen molar-refractivity contribution in [2.24, 2.45) is 0 Å². The molecule has 0 heterocycles. The molecule has 0 aromatic heterocycles. The van der Waals surface area contributed by atoms with Gasteiger partial charge in [0.25, 0.3) is 0 Å². The number of halogens is 1. The smallest absolute Gasteiger partial charge is 0.238 e. The molecule has 0 unspecified atom stereocenters. The molecule has 4 nitrogen and oxygen atoms in total. The Labute approximate surface area is 106 Å². The number of carbonyl (C=O) groups is 1. The van der Waals surface area contributed by atoms with Gasteiger partial charge in [-0.25, -0.2) is 0 Å². The highest BCUT2D eigenvalue weighted by atomic mass is 35.5. The van der Waals surface area contributed by atoms with E-state index >= 15 is 0 Å². The zero-order valence-electron chi connectivity index (χ0n) is 10.2. The first-order valence-corrected chi connectivity index (χ1v) is 5.77. The van der Waals surface area contributed by atoms with E-state index in [0.717, 1.165) is 0 Å². The molecular formula is C12H17ClN2O2. The van der Waals surface area contributed by atoms with Crippen molar-refractivity contribution in [1.29, 1.82) is 0 Å². The third-order valence-corrected chi connectivity index (χ3v) is 2.40.